The number of non-ortho nitro benzene ring substituents is 1. The van der Waals surface area contributed by atoms with Gasteiger partial charge in [-0.15, -0.1) is 21.5 Å². The van der Waals surface area contributed by atoms with Crippen molar-refractivity contribution >= 4 is 46.3 Å². The molecule has 1 aliphatic heterocycles. The van der Waals surface area contributed by atoms with Crippen LogP contribution in [0.2, 0.25) is 0 Å². The van der Waals surface area contributed by atoms with Crippen molar-refractivity contribution < 1.29 is 23.7 Å². The number of carbonyl (C=O) groups excluding carboxylic acids is 2. The van der Waals surface area contributed by atoms with Crippen molar-refractivity contribution in [2.45, 2.75) is 24.2 Å². The SMILES string of the molecule is COc1ccc(C2CC(c3cccs3)=NN2C(=O)CSc2nnc(CNC(=O)c3ccco3)n2-c2ccc([N+](=O)[O-])cc2)cc1. The minimum atomic E-state index is -0.491. The molecule has 228 valence electrons. The lowest BCUT2D eigenvalue weighted by atomic mass is 10.0. The molecule has 1 atom stereocenters. The zero-order valence-corrected chi connectivity index (χ0v) is 25.4. The topological polar surface area (TPSA) is 158 Å². The number of furan rings is 1. The Morgan fingerprint density at radius 3 is 2.58 bits per heavy atom. The third-order valence-electron chi connectivity index (χ3n) is 6.97. The van der Waals surface area contributed by atoms with E-state index in [0.29, 0.717) is 28.8 Å². The van der Waals surface area contributed by atoms with E-state index in [1.807, 2.05) is 41.8 Å². The van der Waals surface area contributed by atoms with Crippen molar-refractivity contribution in [2.24, 2.45) is 5.10 Å². The number of nitrogens with zero attached hydrogens (tertiary/aromatic N) is 6. The maximum Gasteiger partial charge on any atom is 0.287 e. The first-order chi connectivity index (χ1) is 21.9. The van der Waals surface area contributed by atoms with Crippen molar-refractivity contribution in [1.82, 2.24) is 25.1 Å². The number of nitrogens with one attached hydrogen (secondary N) is 1. The molecule has 15 heteroatoms. The Hall–Kier alpha value is -5.28. The Morgan fingerprint density at radius 1 is 1.11 bits per heavy atom. The van der Waals surface area contributed by atoms with Gasteiger partial charge in [0.25, 0.3) is 17.5 Å². The number of benzene rings is 2. The number of hydrazone groups is 1. The summed E-state index contributed by atoms with van der Waals surface area (Å²) in [5, 5.41) is 31.1. The number of methoxy groups -OCH3 is 1. The summed E-state index contributed by atoms with van der Waals surface area (Å²) in [5.41, 5.74) is 2.20. The van der Waals surface area contributed by atoms with Crippen LogP contribution in [-0.4, -0.2) is 55.1 Å². The van der Waals surface area contributed by atoms with Crippen molar-refractivity contribution in [1.29, 1.82) is 0 Å². The first-order valence-electron chi connectivity index (χ1n) is 13.6. The second kappa shape index (κ2) is 13.2. The van der Waals surface area contributed by atoms with Crippen molar-refractivity contribution in [2.75, 3.05) is 12.9 Å². The number of thioether (sulfide) groups is 1. The molecule has 45 heavy (non-hydrogen) atoms. The van der Waals surface area contributed by atoms with E-state index in [0.717, 1.165) is 27.9 Å². The molecule has 0 spiro atoms. The van der Waals surface area contributed by atoms with Gasteiger partial charge in [0, 0.05) is 24.2 Å². The van der Waals surface area contributed by atoms with Crippen LogP contribution in [0.1, 0.15) is 39.3 Å². The number of carbonyl (C=O) groups is 2. The molecule has 0 bridgehead atoms. The summed E-state index contributed by atoms with van der Waals surface area (Å²) in [4.78, 5) is 38.0. The predicted molar refractivity (Wildman–Crippen MR) is 167 cm³/mol. The Bertz CT molecular complexity index is 1840. The molecule has 3 aromatic heterocycles. The molecule has 1 unspecified atom stereocenters. The van der Waals surface area contributed by atoms with Crippen LogP contribution in [0.3, 0.4) is 0 Å². The van der Waals surface area contributed by atoms with Gasteiger partial charge in [0.1, 0.15) is 5.75 Å². The third-order valence-corrected chi connectivity index (χ3v) is 8.80. The standard InChI is InChI=1S/C30H25N7O6S2/c1-42-22-12-6-19(7-13-22)24-16-23(26-5-3-15-44-26)34-36(24)28(38)18-45-30-33-32-27(17-31-29(39)25-4-2-14-43-25)35(30)20-8-10-21(11-9-20)37(40)41/h2-15,24H,16-18H2,1H3,(H,31,39). The maximum absolute atomic E-state index is 13.7. The molecule has 6 rings (SSSR count). The van der Waals surface area contributed by atoms with Crippen molar-refractivity contribution in [3.05, 3.63) is 117 Å². The first-order valence-corrected chi connectivity index (χ1v) is 15.5. The lowest BCUT2D eigenvalue weighted by molar-refractivity contribution is -0.384. The molecule has 13 nitrogen and oxygen atoms in total. The highest BCUT2D eigenvalue weighted by atomic mass is 32.2. The lowest BCUT2D eigenvalue weighted by Gasteiger charge is -2.22. The summed E-state index contributed by atoms with van der Waals surface area (Å²) < 4.78 is 12.1. The molecule has 1 aliphatic rings. The van der Waals surface area contributed by atoms with Crippen LogP contribution in [0.15, 0.2) is 99.1 Å². The Balaban J connectivity index is 1.25. The first kappa shape index (κ1) is 29.8. The van der Waals surface area contributed by atoms with Crippen LogP contribution in [-0.2, 0) is 11.3 Å². The molecule has 0 fully saturated rings. The molecule has 5 aromatic rings. The fraction of sp³-hybridized carbons (Fsp3) is 0.167. The summed E-state index contributed by atoms with van der Waals surface area (Å²) >= 11 is 2.71. The van der Waals surface area contributed by atoms with Gasteiger partial charge in [-0.2, -0.15) is 5.10 Å². The van der Waals surface area contributed by atoms with E-state index >= 15 is 0 Å². The van der Waals surface area contributed by atoms with Gasteiger partial charge in [0.05, 0.1) is 47.2 Å². The Kier molecular flexibility index (Phi) is 8.70. The molecule has 0 aliphatic carbocycles. The number of hydrogen-bond acceptors (Lipinski definition) is 11. The van der Waals surface area contributed by atoms with Gasteiger partial charge in [0.2, 0.25) is 0 Å². The van der Waals surface area contributed by atoms with Crippen LogP contribution >= 0.6 is 23.1 Å². The second-order valence-electron chi connectivity index (χ2n) is 9.71. The minimum Gasteiger partial charge on any atom is -0.497 e. The fourth-order valence-electron chi connectivity index (χ4n) is 4.76. The molecule has 0 saturated carbocycles. The molecule has 2 amide bonds. The summed E-state index contributed by atoms with van der Waals surface area (Å²) in [7, 11) is 1.60. The largest absolute Gasteiger partial charge is 0.497 e. The van der Waals surface area contributed by atoms with Gasteiger partial charge in [-0.05, 0) is 53.4 Å². The van der Waals surface area contributed by atoms with Crippen LogP contribution < -0.4 is 10.1 Å². The monoisotopic (exact) mass is 643 g/mol. The number of hydrogen-bond donors (Lipinski definition) is 1. The highest BCUT2D eigenvalue weighted by Crippen LogP contribution is 2.35. The maximum atomic E-state index is 13.7. The number of nitro groups is 1. The van der Waals surface area contributed by atoms with E-state index in [1.165, 1.54) is 29.5 Å². The van der Waals surface area contributed by atoms with E-state index < -0.39 is 10.8 Å². The summed E-state index contributed by atoms with van der Waals surface area (Å²) in [5.74, 6) is 0.507. The van der Waals surface area contributed by atoms with E-state index in [2.05, 4.69) is 15.5 Å². The zero-order valence-electron chi connectivity index (χ0n) is 23.7. The van der Waals surface area contributed by atoms with E-state index in [1.54, 1.807) is 41.2 Å². The molecular weight excluding hydrogens is 619 g/mol. The zero-order chi connectivity index (χ0) is 31.3. The number of thiophene rings is 1. The number of nitro benzene ring substituents is 1. The normalized spacial score (nSPS) is 14.3. The molecule has 2 aromatic carbocycles. The van der Waals surface area contributed by atoms with E-state index in [4.69, 9.17) is 14.3 Å². The fourth-order valence-corrected chi connectivity index (χ4v) is 6.30. The van der Waals surface area contributed by atoms with Crippen LogP contribution in [0.5, 0.6) is 5.75 Å². The number of ether oxygens (including phenoxy) is 1. The Morgan fingerprint density at radius 2 is 1.91 bits per heavy atom. The minimum absolute atomic E-state index is 0.0157. The van der Waals surface area contributed by atoms with Gasteiger partial charge >= 0.3 is 0 Å². The van der Waals surface area contributed by atoms with E-state index in [-0.39, 0.29) is 35.7 Å². The smallest absolute Gasteiger partial charge is 0.287 e. The quantitative estimate of drug-likeness (QED) is 0.115. The summed E-state index contributed by atoms with van der Waals surface area (Å²) in [6, 6.07) is 20.2. The Labute approximate surface area is 264 Å². The number of aromatic nitrogens is 3. The third kappa shape index (κ3) is 6.49. The lowest BCUT2D eigenvalue weighted by Crippen LogP contribution is -2.28. The molecule has 0 saturated heterocycles. The van der Waals surface area contributed by atoms with Gasteiger partial charge in [-0.3, -0.25) is 24.3 Å². The highest BCUT2D eigenvalue weighted by molar-refractivity contribution is 7.99. The van der Waals surface area contributed by atoms with Crippen LogP contribution in [0, 0.1) is 10.1 Å². The highest BCUT2D eigenvalue weighted by Gasteiger charge is 2.34. The number of rotatable bonds is 11. The summed E-state index contributed by atoms with van der Waals surface area (Å²) in [6.45, 7) is -0.0157. The molecule has 1 N–H and O–H groups in total. The van der Waals surface area contributed by atoms with Crippen molar-refractivity contribution in [3.8, 4) is 11.4 Å². The van der Waals surface area contributed by atoms with Gasteiger partial charge in [-0.25, -0.2) is 5.01 Å². The predicted octanol–water partition coefficient (Wildman–Crippen LogP) is 5.24. The number of amides is 2. The average molecular weight is 644 g/mol. The molecule has 4 heterocycles. The van der Waals surface area contributed by atoms with Gasteiger partial charge < -0.3 is 14.5 Å². The van der Waals surface area contributed by atoms with Crippen LogP contribution in [0.4, 0.5) is 5.69 Å². The average Bonchev–Trinajstić information content (AvgIpc) is 3.89. The molecular formula is C30H25N7O6S2. The van der Waals surface area contributed by atoms with Gasteiger partial charge in [-0.1, -0.05) is 30.0 Å². The second-order valence-corrected chi connectivity index (χ2v) is 11.6. The van der Waals surface area contributed by atoms with Crippen LogP contribution in [0.25, 0.3) is 5.69 Å². The van der Waals surface area contributed by atoms with Gasteiger partial charge in [0.15, 0.2) is 16.7 Å². The molecule has 0 radical (unpaired) electrons. The van der Waals surface area contributed by atoms with Crippen molar-refractivity contribution in [3.63, 3.8) is 0 Å². The van der Waals surface area contributed by atoms with E-state index in [9.17, 15) is 19.7 Å². The summed E-state index contributed by atoms with van der Waals surface area (Å²) in [6.07, 6.45) is 1.95.